The molecule has 3 aromatic carbocycles. The van der Waals surface area contributed by atoms with E-state index in [4.69, 9.17) is 4.74 Å². The highest BCUT2D eigenvalue weighted by Gasteiger charge is 2.40. The molecule has 0 unspecified atom stereocenters. The van der Waals surface area contributed by atoms with Crippen molar-refractivity contribution < 1.29 is 23.1 Å². The summed E-state index contributed by atoms with van der Waals surface area (Å²) in [7, 11) is 1.03. The molecule has 0 bridgehead atoms. The van der Waals surface area contributed by atoms with Crippen molar-refractivity contribution in [2.75, 3.05) is 37.5 Å². The number of benzene rings is 3. The number of sulfonamides is 1. The van der Waals surface area contributed by atoms with Gasteiger partial charge in [0.25, 0.3) is 0 Å². The number of fused-ring (bicyclic) bond motifs is 1. The number of hydrogen-bond acceptors (Lipinski definition) is 6. The molecule has 1 atom stereocenters. The number of carbonyl (C=O) groups is 1. The summed E-state index contributed by atoms with van der Waals surface area (Å²) in [5.74, 6) is -0.482. The minimum Gasteiger partial charge on any atom is -0.497 e. The molecule has 0 radical (unpaired) electrons. The number of hydrogen-bond donors (Lipinski definition) is 1. The van der Waals surface area contributed by atoms with Crippen LogP contribution in [-0.2, 0) is 16.6 Å². The molecule has 1 heterocycles. The zero-order valence-corrected chi connectivity index (χ0v) is 23.1. The first kappa shape index (κ1) is 27.5. The van der Waals surface area contributed by atoms with E-state index in [1.165, 1.54) is 6.07 Å². The van der Waals surface area contributed by atoms with Crippen molar-refractivity contribution in [1.82, 2.24) is 4.31 Å². The molecule has 4 rings (SSSR count). The predicted molar refractivity (Wildman–Crippen MR) is 150 cm³/mol. The lowest BCUT2D eigenvalue weighted by Crippen LogP contribution is -2.43. The van der Waals surface area contributed by atoms with Gasteiger partial charge in [-0.15, -0.1) is 0 Å². The molecule has 38 heavy (non-hydrogen) atoms. The molecule has 0 aromatic heterocycles. The quantitative estimate of drug-likeness (QED) is 0.393. The van der Waals surface area contributed by atoms with E-state index in [9.17, 15) is 18.3 Å². The molecule has 8 nitrogen and oxygen atoms in total. The number of aromatic carboxylic acids is 1. The second kappa shape index (κ2) is 11.4. The fraction of sp³-hybridized carbons (Fsp3) is 0.345. The van der Waals surface area contributed by atoms with Crippen molar-refractivity contribution in [3.05, 3.63) is 77.9 Å². The van der Waals surface area contributed by atoms with Crippen LogP contribution < -0.4 is 14.5 Å². The number of unbranched alkanes of at least 4 members (excludes halogenated alkanes) is 1. The van der Waals surface area contributed by atoms with Crippen molar-refractivity contribution >= 4 is 33.1 Å². The third-order valence-electron chi connectivity index (χ3n) is 6.92. The number of nitrogens with zero attached hydrogens (tertiary/aromatic N) is 3. The molecule has 1 N–H and O–H groups in total. The molecule has 0 spiro atoms. The van der Waals surface area contributed by atoms with Crippen LogP contribution in [0.3, 0.4) is 0 Å². The summed E-state index contributed by atoms with van der Waals surface area (Å²) in [5, 5.41) is 10.00. The molecule has 1 aliphatic rings. The fourth-order valence-electron chi connectivity index (χ4n) is 4.89. The van der Waals surface area contributed by atoms with E-state index < -0.39 is 16.0 Å². The van der Waals surface area contributed by atoms with Crippen molar-refractivity contribution in [3.63, 3.8) is 0 Å². The van der Waals surface area contributed by atoms with Crippen LogP contribution in [0.5, 0.6) is 5.75 Å². The van der Waals surface area contributed by atoms with Crippen molar-refractivity contribution in [2.24, 2.45) is 0 Å². The van der Waals surface area contributed by atoms with Crippen LogP contribution in [0.15, 0.2) is 71.6 Å². The van der Waals surface area contributed by atoms with Crippen LogP contribution in [0.2, 0.25) is 0 Å². The first-order valence-electron chi connectivity index (χ1n) is 12.7. The van der Waals surface area contributed by atoms with Crippen LogP contribution in [-0.4, -0.2) is 57.6 Å². The number of para-hydroxylation sites is 1. The van der Waals surface area contributed by atoms with Gasteiger partial charge in [0.1, 0.15) is 10.6 Å². The van der Waals surface area contributed by atoms with E-state index >= 15 is 0 Å². The first-order chi connectivity index (χ1) is 18.2. The molecule has 0 amide bonds. The average molecular weight is 538 g/mol. The molecule has 3 aromatic rings. The number of ether oxygens (including phenoxy) is 1. The van der Waals surface area contributed by atoms with Crippen molar-refractivity contribution in [3.8, 4) is 5.75 Å². The van der Waals surface area contributed by atoms with Crippen molar-refractivity contribution in [2.45, 2.75) is 43.7 Å². The van der Waals surface area contributed by atoms with Crippen LogP contribution in [0.1, 0.15) is 42.1 Å². The molecule has 202 valence electrons. The zero-order valence-electron chi connectivity index (χ0n) is 22.3. The van der Waals surface area contributed by atoms with Gasteiger partial charge < -0.3 is 19.6 Å². The highest BCUT2D eigenvalue weighted by molar-refractivity contribution is 7.89. The Hall–Kier alpha value is -3.56. The van der Waals surface area contributed by atoms with Gasteiger partial charge in [-0.3, -0.25) is 0 Å². The molecule has 0 saturated carbocycles. The molecule has 1 aliphatic heterocycles. The van der Waals surface area contributed by atoms with Gasteiger partial charge in [0.15, 0.2) is 0 Å². The van der Waals surface area contributed by atoms with Gasteiger partial charge >= 0.3 is 5.97 Å². The Kier molecular flexibility index (Phi) is 8.28. The van der Waals surface area contributed by atoms with Gasteiger partial charge in [0, 0.05) is 38.9 Å². The van der Waals surface area contributed by atoms with Crippen molar-refractivity contribution in [1.29, 1.82) is 0 Å². The third kappa shape index (κ3) is 5.49. The summed E-state index contributed by atoms with van der Waals surface area (Å²) in [4.78, 5) is 16.0. The monoisotopic (exact) mass is 537 g/mol. The van der Waals surface area contributed by atoms with E-state index in [1.807, 2.05) is 59.5 Å². The fourth-order valence-corrected chi connectivity index (χ4v) is 6.73. The van der Waals surface area contributed by atoms with E-state index in [-0.39, 0.29) is 23.0 Å². The number of methoxy groups -OCH3 is 1. The summed E-state index contributed by atoms with van der Waals surface area (Å²) >= 11 is 0. The van der Waals surface area contributed by atoms with Gasteiger partial charge in [-0.05, 0) is 48.4 Å². The lowest BCUT2D eigenvalue weighted by molar-refractivity contribution is 0.0697. The number of carboxylic acids is 1. The highest BCUT2D eigenvalue weighted by Crippen LogP contribution is 2.42. The Morgan fingerprint density at radius 1 is 1.08 bits per heavy atom. The maximum atomic E-state index is 14.4. The van der Waals surface area contributed by atoms with Gasteiger partial charge in [-0.2, -0.15) is 4.31 Å². The SMILES string of the molecule is CCCC[C@@H]1CN(c2ccccc2)c2cc(N(C)C)c(C(=O)O)cc2S(=O)(=O)N1Cc1ccc(OC)cc1. The average Bonchev–Trinajstić information content (AvgIpc) is 3.00. The van der Waals surface area contributed by atoms with Crippen LogP contribution in [0, 0.1) is 0 Å². The summed E-state index contributed by atoms with van der Waals surface area (Å²) in [5.41, 5.74) is 2.55. The predicted octanol–water partition coefficient (Wildman–Crippen LogP) is 5.36. The normalized spacial score (nSPS) is 16.9. The molecule has 9 heteroatoms. The van der Waals surface area contributed by atoms with E-state index in [0.29, 0.717) is 30.1 Å². The molecular weight excluding hydrogens is 502 g/mol. The third-order valence-corrected chi connectivity index (χ3v) is 8.85. The maximum absolute atomic E-state index is 14.4. The second-order valence-electron chi connectivity index (χ2n) is 9.68. The Labute approximate surface area is 225 Å². The number of carboxylic acid groups (broad SMARTS) is 1. The molecule has 0 saturated heterocycles. The first-order valence-corrected chi connectivity index (χ1v) is 14.2. The summed E-state index contributed by atoms with van der Waals surface area (Å²) < 4.78 is 35.7. The van der Waals surface area contributed by atoms with Gasteiger partial charge in [-0.1, -0.05) is 50.1 Å². The van der Waals surface area contributed by atoms with Crippen LogP contribution in [0.25, 0.3) is 0 Å². The summed E-state index contributed by atoms with van der Waals surface area (Å²) in [6, 6.07) is 19.7. The Balaban J connectivity index is 1.95. The standard InChI is InChI=1S/C29H35N3O5S/c1-5-6-10-23-20-31(22-11-8-7-9-12-22)27-18-26(30(2)3)25(29(33)34)17-28(27)38(35,36)32(23)19-21-13-15-24(37-4)16-14-21/h7-9,11-18,23H,5-6,10,19-20H2,1-4H3,(H,33,34)/t23-/m1/s1. The topological polar surface area (TPSA) is 90.4 Å². The zero-order chi connectivity index (χ0) is 27.4. The smallest absolute Gasteiger partial charge is 0.337 e. The number of anilines is 3. The molecule has 0 aliphatic carbocycles. The largest absolute Gasteiger partial charge is 0.497 e. The molecular formula is C29H35N3O5S. The lowest BCUT2D eigenvalue weighted by Gasteiger charge is -2.32. The summed E-state index contributed by atoms with van der Waals surface area (Å²) in [6.45, 7) is 2.69. The van der Waals surface area contributed by atoms with E-state index in [0.717, 1.165) is 24.1 Å². The lowest BCUT2D eigenvalue weighted by atomic mass is 10.1. The summed E-state index contributed by atoms with van der Waals surface area (Å²) in [6.07, 6.45) is 2.47. The minimum absolute atomic E-state index is 0.00290. The van der Waals surface area contributed by atoms with Crippen LogP contribution in [0.4, 0.5) is 17.1 Å². The second-order valence-corrected chi connectivity index (χ2v) is 11.5. The Bertz CT molecular complexity index is 1380. The van der Waals surface area contributed by atoms with E-state index in [2.05, 4.69) is 6.92 Å². The number of rotatable bonds is 9. The highest BCUT2D eigenvalue weighted by atomic mass is 32.2. The van der Waals surface area contributed by atoms with E-state index in [1.54, 1.807) is 36.5 Å². The maximum Gasteiger partial charge on any atom is 0.337 e. The molecule has 0 fully saturated rings. The van der Waals surface area contributed by atoms with Gasteiger partial charge in [0.05, 0.1) is 24.0 Å². The minimum atomic E-state index is -4.07. The van der Waals surface area contributed by atoms with Crippen LogP contribution >= 0.6 is 0 Å². The Morgan fingerprint density at radius 2 is 1.76 bits per heavy atom. The van der Waals surface area contributed by atoms with Gasteiger partial charge in [-0.25, -0.2) is 13.2 Å². The van der Waals surface area contributed by atoms with Gasteiger partial charge in [0.2, 0.25) is 10.0 Å². The Morgan fingerprint density at radius 3 is 2.34 bits per heavy atom.